The molecule has 0 unspecified atom stereocenters. The van der Waals surface area contributed by atoms with Gasteiger partial charge in [-0.25, -0.2) is 0 Å². The number of nitrogens with one attached hydrogen (secondary N) is 2. The van der Waals surface area contributed by atoms with Crippen molar-refractivity contribution in [3.63, 3.8) is 0 Å². The van der Waals surface area contributed by atoms with Crippen molar-refractivity contribution in [2.24, 2.45) is 0 Å². The lowest BCUT2D eigenvalue weighted by Crippen LogP contribution is -2.23. The van der Waals surface area contributed by atoms with Gasteiger partial charge >= 0.3 is 0 Å². The smallest absolute Gasteiger partial charge is 0.251 e. The van der Waals surface area contributed by atoms with E-state index in [0.717, 1.165) is 22.9 Å². The summed E-state index contributed by atoms with van der Waals surface area (Å²) >= 11 is 6.10. The summed E-state index contributed by atoms with van der Waals surface area (Å²) in [7, 11) is 0. The Morgan fingerprint density at radius 1 is 1.33 bits per heavy atom. The molecule has 0 radical (unpaired) electrons. The highest BCUT2D eigenvalue weighted by Gasteiger charge is 2.20. The first-order chi connectivity index (χ1) is 7.27. The minimum Gasteiger partial charge on any atom is -0.352 e. The van der Waals surface area contributed by atoms with E-state index in [9.17, 15) is 4.79 Å². The minimum atomic E-state index is -0.0185. The fourth-order valence-electron chi connectivity index (χ4n) is 2.11. The van der Waals surface area contributed by atoms with E-state index < -0.39 is 0 Å². The Bertz CT molecular complexity index is 559. The highest BCUT2D eigenvalue weighted by Crippen LogP contribution is 2.30. The molecule has 3 nitrogen and oxygen atoms in total. The largest absolute Gasteiger partial charge is 0.352 e. The van der Waals surface area contributed by atoms with Crippen molar-refractivity contribution in [2.45, 2.75) is 6.42 Å². The van der Waals surface area contributed by atoms with E-state index in [4.69, 9.17) is 11.6 Å². The Hall–Kier alpha value is -1.48. The van der Waals surface area contributed by atoms with Crippen LogP contribution < -0.4 is 5.32 Å². The van der Waals surface area contributed by atoms with E-state index in [-0.39, 0.29) is 5.91 Å². The van der Waals surface area contributed by atoms with Crippen LogP contribution in [0.15, 0.2) is 18.2 Å². The van der Waals surface area contributed by atoms with Gasteiger partial charge in [-0.05, 0) is 24.1 Å². The minimum absolute atomic E-state index is 0.0185. The van der Waals surface area contributed by atoms with Crippen LogP contribution in [0, 0.1) is 0 Å². The van der Waals surface area contributed by atoms with E-state index in [0.29, 0.717) is 17.3 Å². The van der Waals surface area contributed by atoms with Crippen LogP contribution in [0.25, 0.3) is 10.9 Å². The van der Waals surface area contributed by atoms with Crippen LogP contribution in [0.1, 0.15) is 15.9 Å². The van der Waals surface area contributed by atoms with E-state index >= 15 is 0 Å². The number of carbonyl (C=O) groups excluding carboxylic acids is 1. The van der Waals surface area contributed by atoms with Gasteiger partial charge in [0, 0.05) is 23.0 Å². The van der Waals surface area contributed by atoms with E-state index in [2.05, 4.69) is 10.3 Å². The molecule has 0 aliphatic carbocycles. The number of hydrogen-bond acceptors (Lipinski definition) is 1. The lowest BCUT2D eigenvalue weighted by molar-refractivity contribution is 0.0957. The monoisotopic (exact) mass is 220 g/mol. The first-order valence-electron chi connectivity index (χ1n) is 4.84. The van der Waals surface area contributed by atoms with Crippen molar-refractivity contribution in [3.8, 4) is 0 Å². The summed E-state index contributed by atoms with van der Waals surface area (Å²) in [6.45, 7) is 0.639. The highest BCUT2D eigenvalue weighted by atomic mass is 35.5. The second-order valence-electron chi connectivity index (χ2n) is 3.65. The Morgan fingerprint density at radius 3 is 3.07 bits per heavy atom. The second-order valence-corrected chi connectivity index (χ2v) is 4.03. The zero-order valence-electron chi connectivity index (χ0n) is 7.93. The molecule has 0 atom stereocenters. The third-order valence-corrected chi connectivity index (χ3v) is 3.10. The Morgan fingerprint density at radius 2 is 2.20 bits per heavy atom. The van der Waals surface area contributed by atoms with Crippen LogP contribution in [-0.2, 0) is 6.42 Å². The van der Waals surface area contributed by atoms with E-state index in [1.54, 1.807) is 0 Å². The molecule has 1 aromatic heterocycles. The average Bonchev–Trinajstić information content (AvgIpc) is 2.43. The molecular formula is C11H9ClN2O. The summed E-state index contributed by atoms with van der Waals surface area (Å²) in [5.41, 5.74) is 2.69. The van der Waals surface area contributed by atoms with E-state index in [1.807, 2.05) is 18.2 Å². The quantitative estimate of drug-likeness (QED) is 0.702. The molecule has 2 N–H and O–H groups in total. The van der Waals surface area contributed by atoms with Crippen LogP contribution in [0.5, 0.6) is 0 Å². The molecule has 0 bridgehead atoms. The summed E-state index contributed by atoms with van der Waals surface area (Å²) in [4.78, 5) is 14.8. The first-order valence-corrected chi connectivity index (χ1v) is 5.22. The van der Waals surface area contributed by atoms with Crippen LogP contribution in [-0.4, -0.2) is 17.4 Å². The van der Waals surface area contributed by atoms with Crippen molar-refractivity contribution in [3.05, 3.63) is 34.5 Å². The van der Waals surface area contributed by atoms with Crippen molar-refractivity contribution in [1.82, 2.24) is 10.3 Å². The van der Waals surface area contributed by atoms with Crippen molar-refractivity contribution in [2.75, 3.05) is 6.54 Å². The molecule has 1 aliphatic heterocycles. The number of amides is 1. The number of aromatic amines is 1. The maximum absolute atomic E-state index is 11.7. The zero-order chi connectivity index (χ0) is 10.4. The van der Waals surface area contributed by atoms with Gasteiger partial charge in [0.2, 0.25) is 0 Å². The average molecular weight is 221 g/mol. The summed E-state index contributed by atoms with van der Waals surface area (Å²) in [5, 5.41) is 4.47. The van der Waals surface area contributed by atoms with Gasteiger partial charge < -0.3 is 10.3 Å². The van der Waals surface area contributed by atoms with Gasteiger partial charge in [-0.3, -0.25) is 4.79 Å². The lowest BCUT2D eigenvalue weighted by atomic mass is 10.1. The van der Waals surface area contributed by atoms with Gasteiger partial charge in [0.05, 0.1) is 0 Å². The number of aromatic nitrogens is 1. The Balaban J connectivity index is 2.47. The molecule has 0 fully saturated rings. The molecule has 2 heterocycles. The van der Waals surface area contributed by atoms with Gasteiger partial charge in [0.1, 0.15) is 5.15 Å². The zero-order valence-corrected chi connectivity index (χ0v) is 8.69. The van der Waals surface area contributed by atoms with Crippen molar-refractivity contribution in [1.29, 1.82) is 0 Å². The molecule has 4 heteroatoms. The van der Waals surface area contributed by atoms with Crippen molar-refractivity contribution >= 4 is 28.4 Å². The molecular weight excluding hydrogens is 212 g/mol. The number of rotatable bonds is 0. The molecule has 1 aliphatic rings. The molecule has 0 saturated heterocycles. The summed E-state index contributed by atoms with van der Waals surface area (Å²) in [6, 6.07) is 5.63. The normalized spacial score (nSPS) is 15.1. The SMILES string of the molecule is O=C1NCCc2c(Cl)[nH]c3cccc1c23. The van der Waals surface area contributed by atoms with Crippen LogP contribution in [0.3, 0.4) is 0 Å². The van der Waals surface area contributed by atoms with Gasteiger partial charge in [-0.15, -0.1) is 0 Å². The van der Waals surface area contributed by atoms with Crippen LogP contribution in [0.2, 0.25) is 5.15 Å². The topological polar surface area (TPSA) is 44.9 Å². The van der Waals surface area contributed by atoms with Crippen LogP contribution >= 0.6 is 11.6 Å². The summed E-state index contributed by atoms with van der Waals surface area (Å²) < 4.78 is 0. The maximum Gasteiger partial charge on any atom is 0.251 e. The molecule has 2 aromatic rings. The number of hydrogen-bond donors (Lipinski definition) is 2. The Labute approximate surface area is 91.4 Å². The fourth-order valence-corrected chi connectivity index (χ4v) is 2.40. The third kappa shape index (κ3) is 1.16. The summed E-state index contributed by atoms with van der Waals surface area (Å²) in [6.07, 6.45) is 0.779. The Kier molecular flexibility index (Phi) is 1.76. The fraction of sp³-hybridized carbons (Fsp3) is 0.182. The highest BCUT2D eigenvalue weighted by molar-refractivity contribution is 6.32. The second kappa shape index (κ2) is 3.00. The lowest BCUT2D eigenvalue weighted by Gasteiger charge is -2.00. The van der Waals surface area contributed by atoms with Gasteiger partial charge in [0.25, 0.3) is 5.91 Å². The number of halogens is 1. The molecule has 1 aromatic carbocycles. The van der Waals surface area contributed by atoms with Crippen LogP contribution in [0.4, 0.5) is 0 Å². The predicted molar refractivity (Wildman–Crippen MR) is 59.3 cm³/mol. The number of H-pyrrole nitrogens is 1. The molecule has 0 saturated carbocycles. The van der Waals surface area contributed by atoms with Crippen molar-refractivity contribution < 1.29 is 4.79 Å². The molecule has 1 amide bonds. The first kappa shape index (κ1) is 8.80. The van der Waals surface area contributed by atoms with Gasteiger partial charge in [-0.2, -0.15) is 0 Å². The molecule has 0 spiro atoms. The number of carbonyl (C=O) groups is 1. The standard InChI is InChI=1S/C11H9ClN2O/c12-10-6-4-5-13-11(15)7-2-1-3-8(14-10)9(6)7/h1-3,14H,4-5H2,(H,13,15). The molecule has 15 heavy (non-hydrogen) atoms. The van der Waals surface area contributed by atoms with Gasteiger partial charge in [0.15, 0.2) is 0 Å². The molecule has 76 valence electrons. The number of benzene rings is 1. The van der Waals surface area contributed by atoms with E-state index in [1.165, 1.54) is 0 Å². The summed E-state index contributed by atoms with van der Waals surface area (Å²) in [5.74, 6) is -0.0185. The molecule has 3 rings (SSSR count). The maximum atomic E-state index is 11.7. The third-order valence-electron chi connectivity index (χ3n) is 2.78. The predicted octanol–water partition coefficient (Wildman–Crippen LogP) is 2.11. The van der Waals surface area contributed by atoms with Gasteiger partial charge in [-0.1, -0.05) is 17.7 Å².